The average Bonchev–Trinajstić information content (AvgIpc) is 2.48. The van der Waals surface area contributed by atoms with Crippen LogP contribution in [0.1, 0.15) is 45.2 Å². The van der Waals surface area contributed by atoms with Crippen molar-refractivity contribution in [3.05, 3.63) is 29.8 Å². The lowest BCUT2D eigenvalue weighted by molar-refractivity contribution is -0.0499. The minimum Gasteiger partial charge on any atom is -0.435 e. The van der Waals surface area contributed by atoms with Gasteiger partial charge in [-0.3, -0.25) is 0 Å². The summed E-state index contributed by atoms with van der Waals surface area (Å²) in [6.07, 6.45) is 4.33. The number of rotatable bonds is 9. The van der Waals surface area contributed by atoms with Crippen molar-refractivity contribution in [3.8, 4) is 5.75 Å². The molecule has 1 aromatic rings. The molecule has 0 aliphatic carbocycles. The number of halogens is 2. The molecular formula is C16H25F2NOS. The van der Waals surface area contributed by atoms with Gasteiger partial charge in [-0.1, -0.05) is 26.0 Å². The van der Waals surface area contributed by atoms with Gasteiger partial charge in [0.15, 0.2) is 0 Å². The van der Waals surface area contributed by atoms with Crippen LogP contribution in [0.5, 0.6) is 5.75 Å². The van der Waals surface area contributed by atoms with E-state index in [1.807, 2.05) is 24.8 Å². The Bertz CT molecular complexity index is 416. The first-order chi connectivity index (χ1) is 9.96. The van der Waals surface area contributed by atoms with Gasteiger partial charge in [-0.25, -0.2) is 0 Å². The third-order valence-corrected chi connectivity index (χ3v) is 5.62. The van der Waals surface area contributed by atoms with Crippen LogP contribution >= 0.6 is 11.8 Å². The van der Waals surface area contributed by atoms with Gasteiger partial charge in [-0.05, 0) is 43.7 Å². The molecule has 120 valence electrons. The monoisotopic (exact) mass is 317 g/mol. The maximum atomic E-state index is 12.3. The standard InChI is InChI=1S/C16H25F2NOS/c1-5-16(6-2,21-4)11-19-12(3)13-8-7-9-14(10-13)20-15(17)18/h7-10,12,15,19H,5-6,11H2,1-4H3. The van der Waals surface area contributed by atoms with Crippen molar-refractivity contribution in [1.82, 2.24) is 5.32 Å². The van der Waals surface area contributed by atoms with E-state index in [1.54, 1.807) is 18.2 Å². The predicted molar refractivity (Wildman–Crippen MR) is 86.3 cm³/mol. The molecule has 21 heavy (non-hydrogen) atoms. The van der Waals surface area contributed by atoms with Gasteiger partial charge in [-0.15, -0.1) is 0 Å². The number of alkyl halides is 2. The first-order valence-corrected chi connectivity index (χ1v) is 8.52. The Kier molecular flexibility index (Phi) is 7.46. The van der Waals surface area contributed by atoms with Crippen molar-refractivity contribution in [2.45, 2.75) is 51.0 Å². The summed E-state index contributed by atoms with van der Waals surface area (Å²) in [6.45, 7) is 4.54. The van der Waals surface area contributed by atoms with Crippen molar-refractivity contribution in [2.75, 3.05) is 12.8 Å². The number of ether oxygens (including phenoxy) is 1. The molecule has 1 aromatic carbocycles. The fraction of sp³-hybridized carbons (Fsp3) is 0.625. The predicted octanol–water partition coefficient (Wildman–Crippen LogP) is 4.86. The molecule has 0 heterocycles. The fourth-order valence-electron chi connectivity index (χ4n) is 2.28. The lowest BCUT2D eigenvalue weighted by Gasteiger charge is -2.31. The Morgan fingerprint density at radius 3 is 2.48 bits per heavy atom. The molecule has 1 N–H and O–H groups in total. The number of hydrogen-bond acceptors (Lipinski definition) is 3. The SMILES string of the molecule is CCC(CC)(CNC(C)c1cccc(OC(F)F)c1)SC. The van der Waals surface area contributed by atoms with Crippen LogP contribution in [0, 0.1) is 0 Å². The van der Waals surface area contributed by atoms with Gasteiger partial charge in [0.25, 0.3) is 0 Å². The van der Waals surface area contributed by atoms with E-state index in [0.717, 1.165) is 24.9 Å². The van der Waals surface area contributed by atoms with Gasteiger partial charge < -0.3 is 10.1 Å². The minimum atomic E-state index is -2.78. The first-order valence-electron chi connectivity index (χ1n) is 7.29. The van der Waals surface area contributed by atoms with Crippen LogP contribution in [0.15, 0.2) is 24.3 Å². The van der Waals surface area contributed by atoms with Crippen molar-refractivity contribution in [3.63, 3.8) is 0 Å². The fourth-order valence-corrected chi connectivity index (χ4v) is 3.08. The van der Waals surface area contributed by atoms with E-state index in [2.05, 4.69) is 30.2 Å². The highest BCUT2D eigenvalue weighted by atomic mass is 32.2. The molecule has 1 rings (SSSR count). The molecule has 0 saturated carbocycles. The van der Waals surface area contributed by atoms with Crippen LogP contribution in [0.4, 0.5) is 8.78 Å². The second-order valence-electron chi connectivity index (χ2n) is 5.15. The molecule has 2 nitrogen and oxygen atoms in total. The number of nitrogens with one attached hydrogen (secondary N) is 1. The van der Waals surface area contributed by atoms with Crippen molar-refractivity contribution < 1.29 is 13.5 Å². The smallest absolute Gasteiger partial charge is 0.387 e. The van der Waals surface area contributed by atoms with Gasteiger partial charge in [0.1, 0.15) is 5.75 Å². The molecule has 0 saturated heterocycles. The van der Waals surface area contributed by atoms with Crippen LogP contribution in [-0.2, 0) is 0 Å². The van der Waals surface area contributed by atoms with E-state index < -0.39 is 6.61 Å². The van der Waals surface area contributed by atoms with Crippen LogP contribution in [0.2, 0.25) is 0 Å². The first kappa shape index (κ1) is 18.2. The second-order valence-corrected chi connectivity index (χ2v) is 6.42. The van der Waals surface area contributed by atoms with Gasteiger partial charge in [-0.2, -0.15) is 20.5 Å². The van der Waals surface area contributed by atoms with E-state index in [4.69, 9.17) is 0 Å². The van der Waals surface area contributed by atoms with Crippen LogP contribution in [0.25, 0.3) is 0 Å². The highest BCUT2D eigenvalue weighted by molar-refractivity contribution is 8.00. The zero-order chi connectivity index (χ0) is 15.9. The molecule has 0 spiro atoms. The Morgan fingerprint density at radius 1 is 1.29 bits per heavy atom. The van der Waals surface area contributed by atoms with Crippen molar-refractivity contribution in [2.24, 2.45) is 0 Å². The lowest BCUT2D eigenvalue weighted by atomic mass is 10.0. The summed E-state index contributed by atoms with van der Waals surface area (Å²) in [5, 5.41) is 3.51. The summed E-state index contributed by atoms with van der Waals surface area (Å²) >= 11 is 1.88. The Labute approximate surface area is 130 Å². The molecule has 0 aliphatic heterocycles. The lowest BCUT2D eigenvalue weighted by Crippen LogP contribution is -2.37. The van der Waals surface area contributed by atoms with E-state index in [9.17, 15) is 8.78 Å². The number of benzene rings is 1. The largest absolute Gasteiger partial charge is 0.435 e. The van der Waals surface area contributed by atoms with Crippen LogP contribution < -0.4 is 10.1 Å². The van der Waals surface area contributed by atoms with Gasteiger partial charge in [0.2, 0.25) is 0 Å². The molecule has 0 amide bonds. The average molecular weight is 317 g/mol. The molecular weight excluding hydrogens is 292 g/mol. The molecule has 1 unspecified atom stereocenters. The van der Waals surface area contributed by atoms with Gasteiger partial charge in [0, 0.05) is 17.3 Å². The summed E-state index contributed by atoms with van der Waals surface area (Å²) in [6, 6.07) is 6.98. The molecule has 0 aliphatic rings. The molecule has 1 atom stereocenters. The molecule has 0 fully saturated rings. The van der Waals surface area contributed by atoms with Gasteiger partial charge in [0.05, 0.1) is 0 Å². The zero-order valence-electron chi connectivity index (χ0n) is 13.2. The summed E-state index contributed by atoms with van der Waals surface area (Å²) in [4.78, 5) is 0. The maximum Gasteiger partial charge on any atom is 0.387 e. The van der Waals surface area contributed by atoms with E-state index in [-0.39, 0.29) is 16.5 Å². The highest BCUT2D eigenvalue weighted by Gasteiger charge is 2.25. The molecule has 0 radical (unpaired) electrons. The van der Waals surface area contributed by atoms with E-state index in [0.29, 0.717) is 0 Å². The summed E-state index contributed by atoms with van der Waals surface area (Å²) in [7, 11) is 0. The topological polar surface area (TPSA) is 21.3 Å². The maximum absolute atomic E-state index is 12.3. The number of hydrogen-bond donors (Lipinski definition) is 1. The number of thioether (sulfide) groups is 1. The quantitative estimate of drug-likeness (QED) is 0.703. The van der Waals surface area contributed by atoms with Crippen molar-refractivity contribution >= 4 is 11.8 Å². The minimum absolute atomic E-state index is 0.0934. The molecule has 0 aromatic heterocycles. The summed E-state index contributed by atoms with van der Waals surface area (Å²) in [5.41, 5.74) is 0.954. The van der Waals surface area contributed by atoms with Gasteiger partial charge >= 0.3 is 6.61 Å². The van der Waals surface area contributed by atoms with Crippen LogP contribution in [0.3, 0.4) is 0 Å². The normalized spacial score (nSPS) is 13.5. The molecule has 5 heteroatoms. The Balaban J connectivity index is 2.69. The van der Waals surface area contributed by atoms with Crippen molar-refractivity contribution in [1.29, 1.82) is 0 Å². The Hall–Kier alpha value is -0.810. The van der Waals surface area contributed by atoms with E-state index in [1.165, 1.54) is 0 Å². The highest BCUT2D eigenvalue weighted by Crippen LogP contribution is 2.30. The second kappa shape index (κ2) is 8.59. The molecule has 0 bridgehead atoms. The van der Waals surface area contributed by atoms with E-state index >= 15 is 0 Å². The summed E-state index contributed by atoms with van der Waals surface area (Å²) in [5.74, 6) is 0.207. The van der Waals surface area contributed by atoms with Crippen LogP contribution in [-0.4, -0.2) is 24.2 Å². The zero-order valence-corrected chi connectivity index (χ0v) is 14.0. The Morgan fingerprint density at radius 2 is 1.95 bits per heavy atom. The third kappa shape index (κ3) is 5.47. The summed E-state index contributed by atoms with van der Waals surface area (Å²) < 4.78 is 29.2. The third-order valence-electron chi connectivity index (χ3n) is 4.04.